The SMILES string of the molecule is COCCN(C(=O)c1cc(Br)c(Br)s1)C(C)COC. The molecule has 1 rings (SSSR count). The van der Waals surface area contributed by atoms with E-state index in [1.807, 2.05) is 13.0 Å². The highest BCUT2D eigenvalue weighted by atomic mass is 79.9. The van der Waals surface area contributed by atoms with Gasteiger partial charge in [0.15, 0.2) is 0 Å². The normalized spacial score (nSPS) is 12.5. The van der Waals surface area contributed by atoms with E-state index in [2.05, 4.69) is 31.9 Å². The second-order valence-corrected chi connectivity index (χ2v) is 7.25. The van der Waals surface area contributed by atoms with Gasteiger partial charge >= 0.3 is 0 Å². The molecule has 0 aliphatic heterocycles. The molecule has 0 aliphatic rings. The van der Waals surface area contributed by atoms with Gasteiger partial charge in [0.05, 0.1) is 27.9 Å². The highest BCUT2D eigenvalue weighted by Crippen LogP contribution is 2.33. The van der Waals surface area contributed by atoms with E-state index in [4.69, 9.17) is 9.47 Å². The molecule has 1 heterocycles. The van der Waals surface area contributed by atoms with Crippen molar-refractivity contribution >= 4 is 49.1 Å². The number of rotatable bonds is 7. The van der Waals surface area contributed by atoms with E-state index >= 15 is 0 Å². The van der Waals surface area contributed by atoms with Gasteiger partial charge in [0.2, 0.25) is 0 Å². The van der Waals surface area contributed by atoms with E-state index in [0.717, 1.165) is 8.26 Å². The molecule has 0 aliphatic carbocycles. The minimum absolute atomic E-state index is 0.00185. The number of nitrogens with zero attached hydrogens (tertiary/aromatic N) is 1. The fourth-order valence-corrected chi connectivity index (χ4v) is 3.63. The van der Waals surface area contributed by atoms with Crippen molar-refractivity contribution < 1.29 is 14.3 Å². The lowest BCUT2D eigenvalue weighted by molar-refractivity contribution is 0.0484. The first-order valence-electron chi connectivity index (χ1n) is 5.75. The van der Waals surface area contributed by atoms with Gasteiger partial charge in [-0.2, -0.15) is 0 Å². The van der Waals surface area contributed by atoms with Gasteiger partial charge in [0.25, 0.3) is 5.91 Å². The first-order valence-corrected chi connectivity index (χ1v) is 8.15. The Bertz CT molecular complexity index is 406. The number of hydrogen-bond donors (Lipinski definition) is 0. The molecule has 0 N–H and O–H groups in total. The van der Waals surface area contributed by atoms with Crippen molar-refractivity contribution in [2.45, 2.75) is 13.0 Å². The molecule has 0 radical (unpaired) electrons. The number of carbonyl (C=O) groups excluding carboxylic acids is 1. The van der Waals surface area contributed by atoms with Gasteiger partial charge in [-0.05, 0) is 44.8 Å². The standard InChI is InChI=1S/C12H17Br2NO3S/c1-8(7-18-3)15(4-5-17-2)12(16)10-6-9(13)11(14)19-10/h6,8H,4-5,7H2,1-3H3. The van der Waals surface area contributed by atoms with E-state index in [1.54, 1.807) is 19.1 Å². The highest BCUT2D eigenvalue weighted by molar-refractivity contribution is 9.13. The summed E-state index contributed by atoms with van der Waals surface area (Å²) in [4.78, 5) is 15.0. The average molecular weight is 415 g/mol. The summed E-state index contributed by atoms with van der Waals surface area (Å²) in [7, 11) is 3.26. The van der Waals surface area contributed by atoms with Gasteiger partial charge in [-0.25, -0.2) is 0 Å². The van der Waals surface area contributed by atoms with E-state index < -0.39 is 0 Å². The minimum Gasteiger partial charge on any atom is -0.383 e. The summed E-state index contributed by atoms with van der Waals surface area (Å²) in [5, 5.41) is 0. The second kappa shape index (κ2) is 8.36. The Hall–Kier alpha value is 0.0500. The van der Waals surface area contributed by atoms with E-state index in [1.165, 1.54) is 11.3 Å². The van der Waals surface area contributed by atoms with Crippen molar-refractivity contribution in [1.29, 1.82) is 0 Å². The van der Waals surface area contributed by atoms with Crippen molar-refractivity contribution in [1.82, 2.24) is 4.90 Å². The minimum atomic E-state index is -0.00185. The van der Waals surface area contributed by atoms with Gasteiger partial charge in [-0.3, -0.25) is 4.79 Å². The number of ether oxygens (including phenoxy) is 2. The molecule has 0 fully saturated rings. The first-order chi connectivity index (χ1) is 9.01. The summed E-state index contributed by atoms with van der Waals surface area (Å²) < 4.78 is 12.0. The second-order valence-electron chi connectivity index (χ2n) is 4.03. The zero-order valence-corrected chi connectivity index (χ0v) is 15.1. The Morgan fingerprint density at radius 3 is 2.58 bits per heavy atom. The Balaban J connectivity index is 2.86. The third-order valence-corrected chi connectivity index (χ3v) is 5.84. The van der Waals surface area contributed by atoms with Crippen LogP contribution in [0.1, 0.15) is 16.6 Å². The number of thiophene rings is 1. The number of amides is 1. The maximum absolute atomic E-state index is 12.5. The molecular formula is C12H17Br2NO3S. The molecule has 0 saturated heterocycles. The fraction of sp³-hybridized carbons (Fsp3) is 0.583. The van der Waals surface area contributed by atoms with Gasteiger partial charge < -0.3 is 14.4 Å². The zero-order valence-electron chi connectivity index (χ0n) is 11.1. The summed E-state index contributed by atoms with van der Waals surface area (Å²) in [6.45, 7) is 3.53. The van der Waals surface area contributed by atoms with E-state index in [-0.39, 0.29) is 11.9 Å². The maximum atomic E-state index is 12.5. The largest absolute Gasteiger partial charge is 0.383 e. The van der Waals surface area contributed by atoms with Crippen molar-refractivity contribution in [3.8, 4) is 0 Å². The Kier molecular flexibility index (Phi) is 7.53. The summed E-state index contributed by atoms with van der Waals surface area (Å²) in [6, 6.07) is 1.84. The van der Waals surface area contributed by atoms with Crippen molar-refractivity contribution in [2.75, 3.05) is 34.0 Å². The molecule has 108 valence electrons. The number of hydrogen-bond acceptors (Lipinski definition) is 4. The molecule has 1 unspecified atom stereocenters. The molecule has 1 aromatic heterocycles. The molecule has 0 bridgehead atoms. The molecule has 1 amide bonds. The van der Waals surface area contributed by atoms with Gasteiger partial charge in [0, 0.05) is 25.2 Å². The third kappa shape index (κ3) is 4.82. The van der Waals surface area contributed by atoms with Crippen LogP contribution in [0.2, 0.25) is 0 Å². The molecule has 0 spiro atoms. The molecule has 19 heavy (non-hydrogen) atoms. The van der Waals surface area contributed by atoms with Gasteiger partial charge in [-0.1, -0.05) is 0 Å². The Morgan fingerprint density at radius 2 is 2.11 bits per heavy atom. The van der Waals surface area contributed by atoms with E-state index in [9.17, 15) is 4.79 Å². The lowest BCUT2D eigenvalue weighted by Crippen LogP contribution is -2.42. The molecule has 0 aromatic carbocycles. The van der Waals surface area contributed by atoms with Crippen molar-refractivity contribution in [3.63, 3.8) is 0 Å². The fourth-order valence-electron chi connectivity index (χ4n) is 1.64. The van der Waals surface area contributed by atoms with Crippen LogP contribution in [0, 0.1) is 0 Å². The van der Waals surface area contributed by atoms with Crippen LogP contribution in [0.15, 0.2) is 14.3 Å². The van der Waals surface area contributed by atoms with Crippen LogP contribution >= 0.6 is 43.2 Å². The molecule has 1 aromatic rings. The summed E-state index contributed by atoms with van der Waals surface area (Å²) >= 11 is 8.22. The summed E-state index contributed by atoms with van der Waals surface area (Å²) in [6.07, 6.45) is 0. The third-order valence-electron chi connectivity index (χ3n) is 2.59. The predicted octanol–water partition coefficient (Wildman–Crippen LogP) is 3.40. The van der Waals surface area contributed by atoms with Crippen LogP contribution in [0.5, 0.6) is 0 Å². The lowest BCUT2D eigenvalue weighted by atomic mass is 10.2. The predicted molar refractivity (Wildman–Crippen MR) is 84.0 cm³/mol. The van der Waals surface area contributed by atoms with Crippen LogP contribution in [-0.4, -0.2) is 50.8 Å². The lowest BCUT2D eigenvalue weighted by Gasteiger charge is -2.28. The van der Waals surface area contributed by atoms with Crippen LogP contribution in [0.4, 0.5) is 0 Å². The average Bonchev–Trinajstić information content (AvgIpc) is 2.70. The molecule has 1 atom stereocenters. The highest BCUT2D eigenvalue weighted by Gasteiger charge is 2.23. The Labute approximate surface area is 134 Å². The molecule has 7 heteroatoms. The maximum Gasteiger partial charge on any atom is 0.264 e. The van der Waals surface area contributed by atoms with Crippen LogP contribution in [-0.2, 0) is 9.47 Å². The summed E-state index contributed by atoms with van der Waals surface area (Å²) in [5.74, 6) is -0.00185. The van der Waals surface area contributed by atoms with Gasteiger partial charge in [0.1, 0.15) is 0 Å². The van der Waals surface area contributed by atoms with E-state index in [0.29, 0.717) is 24.6 Å². The number of methoxy groups -OCH3 is 2. The van der Waals surface area contributed by atoms with Crippen molar-refractivity contribution in [3.05, 3.63) is 19.2 Å². The molecule has 0 saturated carbocycles. The van der Waals surface area contributed by atoms with Gasteiger partial charge in [-0.15, -0.1) is 11.3 Å². The topological polar surface area (TPSA) is 38.8 Å². The van der Waals surface area contributed by atoms with Crippen molar-refractivity contribution in [2.24, 2.45) is 0 Å². The smallest absolute Gasteiger partial charge is 0.264 e. The van der Waals surface area contributed by atoms with Crippen LogP contribution in [0.25, 0.3) is 0 Å². The molecule has 4 nitrogen and oxygen atoms in total. The number of carbonyl (C=O) groups is 1. The van der Waals surface area contributed by atoms with Crippen LogP contribution < -0.4 is 0 Å². The quantitative estimate of drug-likeness (QED) is 0.686. The molecular weight excluding hydrogens is 398 g/mol. The first kappa shape index (κ1) is 17.1. The monoisotopic (exact) mass is 413 g/mol. The summed E-state index contributed by atoms with van der Waals surface area (Å²) in [5.41, 5.74) is 0. The zero-order chi connectivity index (χ0) is 14.4. The Morgan fingerprint density at radius 1 is 1.42 bits per heavy atom. The van der Waals surface area contributed by atoms with Crippen LogP contribution in [0.3, 0.4) is 0 Å². The number of halogens is 2.